The third-order valence-corrected chi connectivity index (χ3v) is 3.63. The molecule has 126 valence electrons. The minimum atomic E-state index is -1.26. The summed E-state index contributed by atoms with van der Waals surface area (Å²) in [7, 11) is 0. The predicted molar refractivity (Wildman–Crippen MR) is 82.7 cm³/mol. The fourth-order valence-electron chi connectivity index (χ4n) is 1.63. The lowest BCUT2D eigenvalue weighted by Crippen LogP contribution is -2.41. The van der Waals surface area contributed by atoms with Gasteiger partial charge in [-0.25, -0.2) is 9.78 Å². The maximum Gasteiger partial charge on any atom is 0.326 e. The van der Waals surface area contributed by atoms with E-state index in [1.807, 2.05) is 0 Å². The number of nitrogens with zero attached hydrogens (tertiary/aromatic N) is 1. The van der Waals surface area contributed by atoms with E-state index in [-0.39, 0.29) is 25.7 Å². The van der Waals surface area contributed by atoms with Crippen molar-refractivity contribution in [2.75, 3.05) is 5.32 Å². The van der Waals surface area contributed by atoms with E-state index in [9.17, 15) is 19.2 Å². The van der Waals surface area contributed by atoms with Gasteiger partial charge >= 0.3 is 5.97 Å². The molecule has 0 bridgehead atoms. The van der Waals surface area contributed by atoms with Gasteiger partial charge in [0.15, 0.2) is 5.13 Å². The van der Waals surface area contributed by atoms with E-state index in [4.69, 9.17) is 10.8 Å². The van der Waals surface area contributed by atoms with Crippen molar-refractivity contribution in [1.82, 2.24) is 10.3 Å². The fraction of sp³-hybridized carbons (Fsp3) is 0.462. The van der Waals surface area contributed by atoms with Crippen molar-refractivity contribution in [1.29, 1.82) is 0 Å². The largest absolute Gasteiger partial charge is 0.480 e. The number of hydrogen-bond acceptors (Lipinski definition) is 6. The number of primary amides is 1. The number of carbonyl (C=O) groups excluding carboxylic acids is 3. The molecule has 0 aliphatic rings. The van der Waals surface area contributed by atoms with Crippen LogP contribution >= 0.6 is 11.3 Å². The number of rotatable bonds is 9. The molecule has 0 saturated heterocycles. The number of hydrogen-bond donors (Lipinski definition) is 4. The summed E-state index contributed by atoms with van der Waals surface area (Å²) in [4.78, 5) is 49.0. The molecule has 0 spiro atoms. The van der Waals surface area contributed by atoms with Crippen LogP contribution in [-0.2, 0) is 19.2 Å². The summed E-state index contributed by atoms with van der Waals surface area (Å²) < 4.78 is 0. The Morgan fingerprint density at radius 3 is 2.43 bits per heavy atom. The molecule has 1 aromatic rings. The Hall–Kier alpha value is -2.49. The van der Waals surface area contributed by atoms with Gasteiger partial charge in [-0.05, 0) is 13.3 Å². The van der Waals surface area contributed by atoms with Gasteiger partial charge in [0.05, 0.1) is 5.69 Å². The van der Waals surface area contributed by atoms with Gasteiger partial charge in [0.2, 0.25) is 17.7 Å². The van der Waals surface area contributed by atoms with Gasteiger partial charge in [0.25, 0.3) is 0 Å². The Morgan fingerprint density at radius 1 is 1.26 bits per heavy atom. The average Bonchev–Trinajstić information content (AvgIpc) is 2.85. The van der Waals surface area contributed by atoms with E-state index in [1.165, 1.54) is 11.3 Å². The third-order valence-electron chi connectivity index (χ3n) is 2.76. The van der Waals surface area contributed by atoms with E-state index in [1.54, 1.807) is 12.3 Å². The molecule has 3 amide bonds. The first kappa shape index (κ1) is 18.6. The van der Waals surface area contributed by atoms with Crippen LogP contribution in [0, 0.1) is 6.92 Å². The number of aromatic nitrogens is 1. The standard InChI is InChI=1S/C13H18N4O5S/c1-7-6-23-13(15-7)17-11(20)5-4-10(19)16-8(12(21)22)2-3-9(14)18/h6,8H,2-5H2,1H3,(H2,14,18)(H,16,19)(H,21,22)(H,15,17,20). The molecule has 0 saturated carbocycles. The SMILES string of the molecule is Cc1csc(NC(=O)CCC(=O)NC(CCC(N)=O)C(=O)O)n1. The molecule has 1 atom stereocenters. The van der Waals surface area contributed by atoms with Crippen molar-refractivity contribution in [3.8, 4) is 0 Å². The smallest absolute Gasteiger partial charge is 0.326 e. The summed E-state index contributed by atoms with van der Waals surface area (Å²) in [5.41, 5.74) is 5.72. The zero-order valence-corrected chi connectivity index (χ0v) is 13.3. The molecule has 1 heterocycles. The van der Waals surface area contributed by atoms with Crippen LogP contribution in [0.15, 0.2) is 5.38 Å². The quantitative estimate of drug-likeness (QED) is 0.496. The number of carboxylic acids is 1. The number of carboxylic acid groups (broad SMARTS) is 1. The molecule has 0 aromatic carbocycles. The molecule has 0 fully saturated rings. The molecule has 10 heteroatoms. The van der Waals surface area contributed by atoms with Crippen molar-refractivity contribution in [3.63, 3.8) is 0 Å². The number of anilines is 1. The van der Waals surface area contributed by atoms with Crippen molar-refractivity contribution < 1.29 is 24.3 Å². The first-order valence-corrected chi connectivity index (χ1v) is 7.68. The molecular formula is C13H18N4O5S. The molecule has 1 rings (SSSR count). The highest BCUT2D eigenvalue weighted by atomic mass is 32.1. The monoisotopic (exact) mass is 342 g/mol. The summed E-state index contributed by atoms with van der Waals surface area (Å²) in [6, 6.07) is -1.21. The normalized spacial score (nSPS) is 11.5. The minimum Gasteiger partial charge on any atom is -0.480 e. The van der Waals surface area contributed by atoms with Crippen molar-refractivity contribution >= 4 is 40.2 Å². The fourth-order valence-corrected chi connectivity index (χ4v) is 2.34. The highest BCUT2D eigenvalue weighted by molar-refractivity contribution is 7.13. The molecule has 5 N–H and O–H groups in total. The molecular weight excluding hydrogens is 324 g/mol. The number of aliphatic carboxylic acids is 1. The maximum absolute atomic E-state index is 11.7. The lowest BCUT2D eigenvalue weighted by Gasteiger charge is -2.13. The van der Waals surface area contributed by atoms with E-state index < -0.39 is 29.7 Å². The van der Waals surface area contributed by atoms with Gasteiger partial charge in [-0.3, -0.25) is 14.4 Å². The number of carbonyl (C=O) groups is 4. The van der Waals surface area contributed by atoms with Crippen molar-refractivity contribution in [3.05, 3.63) is 11.1 Å². The Bertz CT molecular complexity index is 601. The van der Waals surface area contributed by atoms with Crippen LogP contribution in [0.1, 0.15) is 31.4 Å². The van der Waals surface area contributed by atoms with Crippen LogP contribution in [0.25, 0.3) is 0 Å². The lowest BCUT2D eigenvalue weighted by atomic mass is 10.1. The van der Waals surface area contributed by atoms with E-state index in [0.29, 0.717) is 5.13 Å². The first-order valence-electron chi connectivity index (χ1n) is 6.80. The second-order valence-corrected chi connectivity index (χ2v) is 5.66. The zero-order chi connectivity index (χ0) is 17.4. The zero-order valence-electron chi connectivity index (χ0n) is 12.5. The van der Waals surface area contributed by atoms with Crippen LogP contribution in [0.2, 0.25) is 0 Å². The second kappa shape index (κ2) is 8.83. The van der Waals surface area contributed by atoms with E-state index in [2.05, 4.69) is 15.6 Å². The average molecular weight is 342 g/mol. The van der Waals surface area contributed by atoms with E-state index >= 15 is 0 Å². The van der Waals surface area contributed by atoms with Gasteiger partial charge in [0, 0.05) is 24.6 Å². The summed E-state index contributed by atoms with van der Waals surface area (Å²) >= 11 is 1.27. The highest BCUT2D eigenvalue weighted by Crippen LogP contribution is 2.14. The number of nitrogens with two attached hydrogens (primary N) is 1. The lowest BCUT2D eigenvalue weighted by molar-refractivity contribution is -0.142. The number of aryl methyl sites for hydroxylation is 1. The Morgan fingerprint density at radius 2 is 1.91 bits per heavy atom. The van der Waals surface area contributed by atoms with Gasteiger partial charge in [0.1, 0.15) is 6.04 Å². The number of thiazole rings is 1. The van der Waals surface area contributed by atoms with Gasteiger partial charge in [-0.1, -0.05) is 0 Å². The van der Waals surface area contributed by atoms with Crippen LogP contribution in [0.4, 0.5) is 5.13 Å². The summed E-state index contributed by atoms with van der Waals surface area (Å²) in [6.45, 7) is 1.79. The highest BCUT2D eigenvalue weighted by Gasteiger charge is 2.20. The molecule has 0 aliphatic carbocycles. The van der Waals surface area contributed by atoms with Crippen molar-refractivity contribution in [2.45, 2.75) is 38.6 Å². The molecule has 0 aliphatic heterocycles. The number of amides is 3. The summed E-state index contributed by atoms with van der Waals surface area (Å²) in [6.07, 6.45) is -0.523. The van der Waals surface area contributed by atoms with Gasteiger partial charge in [-0.2, -0.15) is 0 Å². The van der Waals surface area contributed by atoms with Gasteiger partial charge < -0.3 is 21.5 Å². The topological polar surface area (TPSA) is 151 Å². The molecule has 1 aromatic heterocycles. The Kier molecular flexibility index (Phi) is 7.13. The van der Waals surface area contributed by atoms with Crippen LogP contribution in [-0.4, -0.2) is 39.8 Å². The van der Waals surface area contributed by atoms with Crippen molar-refractivity contribution in [2.24, 2.45) is 5.73 Å². The predicted octanol–water partition coefficient (Wildman–Crippen LogP) is 0.00512. The molecule has 23 heavy (non-hydrogen) atoms. The third kappa shape index (κ3) is 7.36. The van der Waals surface area contributed by atoms with Crippen LogP contribution in [0.3, 0.4) is 0 Å². The first-order chi connectivity index (χ1) is 10.8. The molecule has 9 nitrogen and oxygen atoms in total. The minimum absolute atomic E-state index is 0.0962. The van der Waals surface area contributed by atoms with Gasteiger partial charge in [-0.15, -0.1) is 11.3 Å². The Labute approximate surface area is 136 Å². The van der Waals surface area contributed by atoms with Crippen LogP contribution in [0.5, 0.6) is 0 Å². The maximum atomic E-state index is 11.7. The van der Waals surface area contributed by atoms with E-state index in [0.717, 1.165) is 5.69 Å². The Balaban J connectivity index is 2.37. The summed E-state index contributed by atoms with van der Waals surface area (Å²) in [5.74, 6) is -2.89. The van der Waals surface area contributed by atoms with Crippen LogP contribution < -0.4 is 16.4 Å². The second-order valence-electron chi connectivity index (χ2n) is 4.81. The molecule has 0 radical (unpaired) electrons. The molecule has 1 unspecified atom stereocenters. The number of nitrogens with one attached hydrogen (secondary N) is 2. The summed E-state index contributed by atoms with van der Waals surface area (Å²) in [5, 5.41) is 16.0.